The van der Waals surface area contributed by atoms with Crippen LogP contribution in [0.15, 0.2) is 66.9 Å². The van der Waals surface area contributed by atoms with E-state index in [-0.39, 0.29) is 41.3 Å². The van der Waals surface area contributed by atoms with Crippen LogP contribution in [0.25, 0.3) is 0 Å². The average molecular weight is 636 g/mol. The molecule has 2 amide bonds. The first-order valence-electron chi connectivity index (χ1n) is 15.0. The molecule has 1 aliphatic heterocycles. The van der Waals surface area contributed by atoms with Crippen LogP contribution in [-0.4, -0.2) is 46.9 Å². The van der Waals surface area contributed by atoms with Gasteiger partial charge in [0.05, 0.1) is 23.3 Å². The second-order valence-corrected chi connectivity index (χ2v) is 11.9. The van der Waals surface area contributed by atoms with E-state index in [1.54, 1.807) is 23.2 Å². The third-order valence-corrected chi connectivity index (χ3v) is 8.80. The zero-order valence-corrected chi connectivity index (χ0v) is 24.6. The molecule has 2 aliphatic rings. The predicted molar refractivity (Wildman–Crippen MR) is 154 cm³/mol. The number of hydrogen-bond donors (Lipinski definition) is 2. The molecule has 1 aliphatic carbocycles. The van der Waals surface area contributed by atoms with E-state index in [2.05, 4.69) is 10.3 Å². The number of nitrogens with zero attached hydrogens (tertiary/aromatic N) is 1. The summed E-state index contributed by atoms with van der Waals surface area (Å²) in [6, 6.07) is 14.2. The van der Waals surface area contributed by atoms with Crippen LogP contribution in [0.2, 0.25) is 0 Å². The molecule has 0 bridgehead atoms. The highest BCUT2D eigenvalue weighted by Gasteiger charge is 2.40. The van der Waals surface area contributed by atoms with Crippen molar-refractivity contribution in [3.05, 3.63) is 94.8 Å². The lowest BCUT2D eigenvalue weighted by Crippen LogP contribution is -2.49. The molecule has 1 aromatic heterocycles. The van der Waals surface area contributed by atoms with Crippen molar-refractivity contribution in [2.24, 2.45) is 5.92 Å². The van der Waals surface area contributed by atoms with Crippen molar-refractivity contribution in [2.75, 3.05) is 13.1 Å². The van der Waals surface area contributed by atoms with Gasteiger partial charge < -0.3 is 19.9 Å². The molecule has 45 heavy (non-hydrogen) atoms. The molecule has 1 saturated heterocycles. The van der Waals surface area contributed by atoms with Gasteiger partial charge in [-0.15, -0.1) is 0 Å². The van der Waals surface area contributed by atoms with E-state index >= 15 is 0 Å². The molecule has 2 aromatic carbocycles. The SMILES string of the molecule is C[C@@H](O[C@H]1CCN(C(=O)C2CCC(NC(=O)c3ccc[nH]3)CC2)C[C@H]1c1ccccc1)c1cc(C(F)(F)F)cc(C(F)(F)F)c1. The Kier molecular flexibility index (Phi) is 9.62. The molecular formula is C33H35F6N3O3. The maximum absolute atomic E-state index is 13.6. The number of aromatic nitrogens is 1. The van der Waals surface area contributed by atoms with Crippen LogP contribution < -0.4 is 5.32 Å². The fourth-order valence-corrected chi connectivity index (χ4v) is 6.35. The van der Waals surface area contributed by atoms with Crippen LogP contribution in [0.1, 0.15) is 83.8 Å². The third kappa shape index (κ3) is 7.89. The number of amides is 2. The molecule has 3 atom stereocenters. The van der Waals surface area contributed by atoms with E-state index in [0.717, 1.165) is 5.56 Å². The molecule has 5 rings (SSSR count). The first-order valence-corrected chi connectivity index (χ1v) is 15.0. The first-order chi connectivity index (χ1) is 21.3. The van der Waals surface area contributed by atoms with Crippen molar-refractivity contribution < 1.29 is 40.7 Å². The number of benzene rings is 2. The minimum Gasteiger partial charge on any atom is -0.370 e. The molecule has 12 heteroatoms. The number of aromatic amines is 1. The molecular weight excluding hydrogens is 600 g/mol. The summed E-state index contributed by atoms with van der Waals surface area (Å²) in [4.78, 5) is 30.7. The van der Waals surface area contributed by atoms with Crippen molar-refractivity contribution in [1.82, 2.24) is 15.2 Å². The number of halogens is 6. The maximum Gasteiger partial charge on any atom is 0.416 e. The summed E-state index contributed by atoms with van der Waals surface area (Å²) in [7, 11) is 0. The van der Waals surface area contributed by atoms with Crippen molar-refractivity contribution in [2.45, 2.75) is 75.5 Å². The summed E-state index contributed by atoms with van der Waals surface area (Å²) in [5.74, 6) is -0.723. The number of ether oxygens (including phenoxy) is 1. The van der Waals surface area contributed by atoms with E-state index in [1.165, 1.54) is 6.92 Å². The Bertz CT molecular complexity index is 1420. The van der Waals surface area contributed by atoms with Crippen molar-refractivity contribution in [3.63, 3.8) is 0 Å². The number of H-pyrrole nitrogens is 1. The summed E-state index contributed by atoms with van der Waals surface area (Å²) >= 11 is 0. The van der Waals surface area contributed by atoms with Gasteiger partial charge in [0, 0.05) is 37.2 Å². The van der Waals surface area contributed by atoms with Crippen molar-refractivity contribution >= 4 is 11.8 Å². The lowest BCUT2D eigenvalue weighted by molar-refractivity contribution is -0.143. The fraction of sp³-hybridized carbons (Fsp3) is 0.455. The molecule has 242 valence electrons. The quantitative estimate of drug-likeness (QED) is 0.264. The van der Waals surface area contributed by atoms with Crippen molar-refractivity contribution in [1.29, 1.82) is 0 Å². The Labute approximate surface area is 257 Å². The van der Waals surface area contributed by atoms with Gasteiger partial charge in [-0.2, -0.15) is 26.3 Å². The maximum atomic E-state index is 13.6. The monoisotopic (exact) mass is 635 g/mol. The summed E-state index contributed by atoms with van der Waals surface area (Å²) in [6.07, 6.45) is -6.92. The van der Waals surface area contributed by atoms with E-state index in [1.807, 2.05) is 30.3 Å². The highest BCUT2D eigenvalue weighted by atomic mass is 19.4. The van der Waals surface area contributed by atoms with Gasteiger partial charge in [0.1, 0.15) is 5.69 Å². The van der Waals surface area contributed by atoms with Gasteiger partial charge in [0.25, 0.3) is 5.91 Å². The smallest absolute Gasteiger partial charge is 0.370 e. The Morgan fingerprint density at radius 3 is 2.11 bits per heavy atom. The molecule has 0 spiro atoms. The zero-order valence-electron chi connectivity index (χ0n) is 24.6. The molecule has 2 fully saturated rings. The van der Waals surface area contributed by atoms with Gasteiger partial charge in [-0.25, -0.2) is 0 Å². The van der Waals surface area contributed by atoms with Crippen LogP contribution in [-0.2, 0) is 21.9 Å². The lowest BCUT2D eigenvalue weighted by Gasteiger charge is -2.41. The summed E-state index contributed by atoms with van der Waals surface area (Å²) in [5, 5.41) is 3.01. The molecule has 0 unspecified atom stereocenters. The number of likely N-dealkylation sites (tertiary alicyclic amines) is 1. The molecule has 2 N–H and O–H groups in total. The summed E-state index contributed by atoms with van der Waals surface area (Å²) < 4.78 is 87.1. The summed E-state index contributed by atoms with van der Waals surface area (Å²) in [6.45, 7) is 2.10. The van der Waals surface area contributed by atoms with Gasteiger partial charge in [0.15, 0.2) is 0 Å². The minimum atomic E-state index is -4.96. The highest BCUT2D eigenvalue weighted by Crippen LogP contribution is 2.40. The van der Waals surface area contributed by atoms with Crippen LogP contribution in [0.3, 0.4) is 0 Å². The number of piperidine rings is 1. The number of rotatable bonds is 7. The normalized spacial score (nSPS) is 23.4. The summed E-state index contributed by atoms with van der Waals surface area (Å²) in [5.41, 5.74) is -1.65. The van der Waals surface area contributed by atoms with E-state index < -0.39 is 35.7 Å². The van der Waals surface area contributed by atoms with E-state index in [0.29, 0.717) is 63.0 Å². The second-order valence-electron chi connectivity index (χ2n) is 11.9. The van der Waals surface area contributed by atoms with Crippen LogP contribution in [0.4, 0.5) is 26.3 Å². The zero-order chi connectivity index (χ0) is 32.4. The highest BCUT2D eigenvalue weighted by molar-refractivity contribution is 5.92. The molecule has 6 nitrogen and oxygen atoms in total. The van der Waals surface area contributed by atoms with Crippen LogP contribution in [0, 0.1) is 5.92 Å². The number of carbonyl (C=O) groups is 2. The van der Waals surface area contributed by atoms with Gasteiger partial charge in [-0.05, 0) is 80.5 Å². The molecule has 1 saturated carbocycles. The van der Waals surface area contributed by atoms with Gasteiger partial charge in [-0.3, -0.25) is 9.59 Å². The molecule has 2 heterocycles. The van der Waals surface area contributed by atoms with E-state index in [9.17, 15) is 35.9 Å². The van der Waals surface area contributed by atoms with Crippen LogP contribution in [0.5, 0.6) is 0 Å². The third-order valence-electron chi connectivity index (χ3n) is 8.80. The predicted octanol–water partition coefficient (Wildman–Crippen LogP) is 7.50. The Hall–Kier alpha value is -3.80. The first kappa shape index (κ1) is 32.6. The van der Waals surface area contributed by atoms with Gasteiger partial charge in [0.2, 0.25) is 5.91 Å². The van der Waals surface area contributed by atoms with Gasteiger partial charge >= 0.3 is 12.4 Å². The topological polar surface area (TPSA) is 74.4 Å². The Morgan fingerprint density at radius 2 is 1.53 bits per heavy atom. The fourth-order valence-electron chi connectivity index (χ4n) is 6.35. The number of nitrogens with one attached hydrogen (secondary N) is 2. The second kappa shape index (κ2) is 13.3. The number of alkyl halides is 6. The van der Waals surface area contributed by atoms with Crippen LogP contribution >= 0.6 is 0 Å². The Morgan fingerprint density at radius 1 is 0.889 bits per heavy atom. The molecule has 0 radical (unpaired) electrons. The standard InChI is InChI=1S/C33H35F6N3O3/c1-20(23-16-24(32(34,35)36)18-25(17-23)33(37,38)39)45-29-13-15-42(19-27(29)21-6-3-2-4-7-21)31(44)22-9-11-26(12-10-22)41-30(43)28-8-5-14-40-28/h2-8,14,16-18,20,22,26-27,29,40H,9-13,15,19H2,1H3,(H,41,43)/t20-,22?,26?,27+,29+/m1/s1. The van der Waals surface area contributed by atoms with E-state index in [4.69, 9.17) is 4.74 Å². The molecule has 3 aromatic rings. The van der Waals surface area contributed by atoms with Crippen molar-refractivity contribution in [3.8, 4) is 0 Å². The van der Waals surface area contributed by atoms with Gasteiger partial charge in [-0.1, -0.05) is 30.3 Å². The lowest BCUT2D eigenvalue weighted by atomic mass is 9.83. The average Bonchev–Trinajstić information content (AvgIpc) is 3.56. The Balaban J connectivity index is 1.27. The number of hydrogen-bond acceptors (Lipinski definition) is 3. The minimum absolute atomic E-state index is 0.00396. The number of carbonyl (C=O) groups excluding carboxylic acids is 2. The largest absolute Gasteiger partial charge is 0.416 e.